The number of hydrogen-bond acceptors (Lipinski definition) is 3. The summed E-state index contributed by atoms with van der Waals surface area (Å²) in [5.41, 5.74) is 0. The van der Waals surface area contributed by atoms with E-state index in [0.717, 1.165) is 42.3 Å². The van der Waals surface area contributed by atoms with Crippen molar-refractivity contribution < 1.29 is 17.2 Å². The van der Waals surface area contributed by atoms with Gasteiger partial charge in [-0.05, 0) is 42.5 Å². The smallest absolute Gasteiger partial charge is 0.207 e. The maximum Gasteiger partial charge on any atom is 0.246 e. The Kier molecular flexibility index (Phi) is 4.79. The molecule has 1 fully saturated rings. The Balaban J connectivity index is 2.06. The summed E-state index contributed by atoms with van der Waals surface area (Å²) >= 11 is 1.49. The van der Waals surface area contributed by atoms with Gasteiger partial charge in [-0.1, -0.05) is 18.9 Å². The zero-order valence-corrected chi connectivity index (χ0v) is 14.0. The van der Waals surface area contributed by atoms with Gasteiger partial charge in [0.2, 0.25) is 10.0 Å². The summed E-state index contributed by atoms with van der Waals surface area (Å²) in [6, 6.07) is 6.00. The van der Waals surface area contributed by atoms with Crippen molar-refractivity contribution in [2.75, 3.05) is 6.54 Å². The van der Waals surface area contributed by atoms with E-state index < -0.39 is 26.6 Å². The molecule has 2 aromatic rings. The number of thiophene rings is 1. The van der Waals surface area contributed by atoms with Gasteiger partial charge in [-0.2, -0.15) is 4.31 Å². The lowest BCUT2D eigenvalue weighted by Crippen LogP contribution is -2.35. The van der Waals surface area contributed by atoms with E-state index in [-0.39, 0.29) is 6.04 Å². The molecule has 0 amide bonds. The van der Waals surface area contributed by atoms with Gasteiger partial charge in [0.15, 0.2) is 0 Å². The topological polar surface area (TPSA) is 37.4 Å². The highest BCUT2D eigenvalue weighted by molar-refractivity contribution is 7.89. The molecule has 1 aliphatic rings. The first-order valence-corrected chi connectivity index (χ1v) is 9.82. The van der Waals surface area contributed by atoms with Crippen LogP contribution in [-0.4, -0.2) is 19.3 Å². The maximum atomic E-state index is 14.0. The van der Waals surface area contributed by atoms with Crippen LogP contribution in [0.1, 0.15) is 36.6 Å². The van der Waals surface area contributed by atoms with Crippen LogP contribution < -0.4 is 0 Å². The van der Waals surface area contributed by atoms with E-state index in [1.165, 1.54) is 15.6 Å². The highest BCUT2D eigenvalue weighted by Crippen LogP contribution is 2.37. The van der Waals surface area contributed by atoms with E-state index in [4.69, 9.17) is 0 Å². The predicted molar refractivity (Wildman–Crippen MR) is 85.8 cm³/mol. The second-order valence-corrected chi connectivity index (χ2v) is 8.41. The normalized spacial score (nSPS) is 20.3. The monoisotopic (exact) mass is 357 g/mol. The SMILES string of the molecule is O=S(=O)(c1cc(F)ccc1F)N1CCCCC[C@H]1c1cccs1. The standard InChI is InChI=1S/C16H17F2NO2S2/c17-12-7-8-13(18)16(11-12)23(20,21)19-9-3-1-2-5-14(19)15-6-4-10-22-15/h4,6-8,10-11,14H,1-3,5,9H2/t14-/m0/s1. The summed E-state index contributed by atoms with van der Waals surface area (Å²) in [7, 11) is -4.09. The minimum Gasteiger partial charge on any atom is -0.207 e. The Bertz CT molecular complexity index is 775. The molecule has 1 aromatic heterocycles. The fourth-order valence-electron chi connectivity index (χ4n) is 2.94. The summed E-state index contributed by atoms with van der Waals surface area (Å²) in [5.74, 6) is -1.67. The molecule has 0 aliphatic carbocycles. The molecule has 1 atom stereocenters. The Labute approximate surface area is 138 Å². The number of halogens is 2. The molecule has 3 rings (SSSR count). The largest absolute Gasteiger partial charge is 0.246 e. The average molecular weight is 357 g/mol. The molecular formula is C16H17F2NO2S2. The third-order valence-corrected chi connectivity index (χ3v) is 6.95. The molecule has 1 aromatic carbocycles. The first kappa shape index (κ1) is 16.5. The average Bonchev–Trinajstić information content (AvgIpc) is 2.93. The van der Waals surface area contributed by atoms with Gasteiger partial charge in [-0.3, -0.25) is 0 Å². The summed E-state index contributed by atoms with van der Waals surface area (Å²) in [6.45, 7) is 0.320. The molecule has 1 aliphatic heterocycles. The van der Waals surface area contributed by atoms with Crippen LogP contribution in [0.25, 0.3) is 0 Å². The van der Waals surface area contributed by atoms with E-state index in [1.54, 1.807) is 0 Å². The zero-order valence-electron chi connectivity index (χ0n) is 12.4. The number of benzene rings is 1. The van der Waals surface area contributed by atoms with Crippen LogP contribution >= 0.6 is 11.3 Å². The van der Waals surface area contributed by atoms with Gasteiger partial charge in [0.05, 0.1) is 6.04 Å². The van der Waals surface area contributed by atoms with Gasteiger partial charge < -0.3 is 0 Å². The number of rotatable bonds is 3. The zero-order chi connectivity index (χ0) is 16.4. The van der Waals surface area contributed by atoms with E-state index in [0.29, 0.717) is 13.0 Å². The molecule has 0 spiro atoms. The highest BCUT2D eigenvalue weighted by atomic mass is 32.2. The van der Waals surface area contributed by atoms with Crippen LogP contribution in [0.15, 0.2) is 40.6 Å². The second-order valence-electron chi connectivity index (χ2n) is 5.57. The molecule has 2 heterocycles. The lowest BCUT2D eigenvalue weighted by molar-refractivity contribution is 0.331. The Hall–Kier alpha value is -1.31. The Morgan fingerprint density at radius 2 is 1.96 bits per heavy atom. The summed E-state index contributed by atoms with van der Waals surface area (Å²) in [5, 5.41) is 1.90. The van der Waals surface area contributed by atoms with Crippen LogP contribution in [0.5, 0.6) is 0 Å². The Morgan fingerprint density at radius 3 is 2.70 bits per heavy atom. The van der Waals surface area contributed by atoms with E-state index in [2.05, 4.69) is 0 Å². The Morgan fingerprint density at radius 1 is 1.13 bits per heavy atom. The van der Waals surface area contributed by atoms with Crippen molar-refractivity contribution in [1.29, 1.82) is 0 Å². The summed E-state index contributed by atoms with van der Waals surface area (Å²) < 4.78 is 54.7. The lowest BCUT2D eigenvalue weighted by atomic mass is 10.1. The minimum absolute atomic E-state index is 0.315. The van der Waals surface area contributed by atoms with Crippen molar-refractivity contribution in [2.24, 2.45) is 0 Å². The quantitative estimate of drug-likeness (QED) is 0.820. The second kappa shape index (κ2) is 6.67. The van der Waals surface area contributed by atoms with Crippen molar-refractivity contribution in [3.8, 4) is 0 Å². The summed E-state index contributed by atoms with van der Waals surface area (Å²) in [4.78, 5) is 0.355. The van der Waals surface area contributed by atoms with Gasteiger partial charge in [0, 0.05) is 11.4 Å². The van der Waals surface area contributed by atoms with Crippen molar-refractivity contribution in [2.45, 2.75) is 36.6 Å². The van der Waals surface area contributed by atoms with Crippen LogP contribution in [0.4, 0.5) is 8.78 Å². The first-order chi connectivity index (χ1) is 11.0. The molecule has 1 saturated heterocycles. The predicted octanol–water partition coefficient (Wildman–Crippen LogP) is 4.33. The fraction of sp³-hybridized carbons (Fsp3) is 0.375. The maximum absolute atomic E-state index is 14.0. The molecule has 124 valence electrons. The molecule has 23 heavy (non-hydrogen) atoms. The van der Waals surface area contributed by atoms with Crippen molar-refractivity contribution in [1.82, 2.24) is 4.31 Å². The van der Waals surface area contributed by atoms with Gasteiger partial charge in [-0.15, -0.1) is 11.3 Å². The van der Waals surface area contributed by atoms with Crippen molar-refractivity contribution in [3.63, 3.8) is 0 Å². The lowest BCUT2D eigenvalue weighted by Gasteiger charge is -2.28. The third-order valence-electron chi connectivity index (χ3n) is 4.06. The molecule has 0 N–H and O–H groups in total. The van der Waals surface area contributed by atoms with Crippen LogP contribution in [0.3, 0.4) is 0 Å². The molecular weight excluding hydrogens is 340 g/mol. The van der Waals surface area contributed by atoms with Crippen molar-refractivity contribution in [3.05, 3.63) is 52.2 Å². The minimum atomic E-state index is -4.09. The van der Waals surface area contributed by atoms with Gasteiger partial charge in [0.1, 0.15) is 16.5 Å². The van der Waals surface area contributed by atoms with Gasteiger partial charge in [-0.25, -0.2) is 17.2 Å². The summed E-state index contributed by atoms with van der Waals surface area (Å²) in [6.07, 6.45) is 3.26. The fourth-order valence-corrected chi connectivity index (χ4v) is 5.63. The molecule has 0 radical (unpaired) electrons. The highest BCUT2D eigenvalue weighted by Gasteiger charge is 2.35. The first-order valence-electron chi connectivity index (χ1n) is 7.50. The molecule has 0 unspecified atom stereocenters. The molecule has 3 nitrogen and oxygen atoms in total. The number of sulfonamides is 1. The van der Waals surface area contributed by atoms with Crippen molar-refractivity contribution >= 4 is 21.4 Å². The van der Waals surface area contributed by atoms with Crippen LogP contribution in [-0.2, 0) is 10.0 Å². The molecule has 7 heteroatoms. The van der Waals surface area contributed by atoms with E-state index >= 15 is 0 Å². The van der Waals surface area contributed by atoms with Crippen LogP contribution in [0, 0.1) is 11.6 Å². The van der Waals surface area contributed by atoms with Gasteiger partial charge >= 0.3 is 0 Å². The van der Waals surface area contributed by atoms with E-state index in [9.17, 15) is 17.2 Å². The number of nitrogens with zero attached hydrogens (tertiary/aromatic N) is 1. The van der Waals surface area contributed by atoms with Gasteiger partial charge in [0.25, 0.3) is 0 Å². The third kappa shape index (κ3) is 3.32. The van der Waals surface area contributed by atoms with E-state index in [1.807, 2.05) is 17.5 Å². The van der Waals surface area contributed by atoms with Crippen LogP contribution in [0.2, 0.25) is 0 Å². The molecule has 0 bridgehead atoms. The molecule has 0 saturated carbocycles. The number of hydrogen-bond donors (Lipinski definition) is 0.